The second-order valence-electron chi connectivity index (χ2n) is 9.30. The maximum Gasteiger partial charge on any atom is 0.256 e. The van der Waals surface area contributed by atoms with Gasteiger partial charge in [0, 0.05) is 57.2 Å². The van der Waals surface area contributed by atoms with Crippen molar-refractivity contribution < 1.29 is 13.2 Å². The van der Waals surface area contributed by atoms with E-state index in [9.17, 15) is 13.2 Å². The molecule has 2 heterocycles. The highest BCUT2D eigenvalue weighted by molar-refractivity contribution is 7.89. The van der Waals surface area contributed by atoms with Crippen molar-refractivity contribution >= 4 is 44.6 Å². The van der Waals surface area contributed by atoms with Gasteiger partial charge in [0.05, 0.1) is 10.9 Å². The monoisotopic (exact) mass is 535 g/mol. The van der Waals surface area contributed by atoms with Crippen LogP contribution in [0.5, 0.6) is 0 Å². The van der Waals surface area contributed by atoms with Gasteiger partial charge in [-0.3, -0.25) is 9.69 Å². The van der Waals surface area contributed by atoms with Crippen LogP contribution in [0.4, 0.5) is 11.4 Å². The maximum atomic E-state index is 12.9. The van der Waals surface area contributed by atoms with Crippen LogP contribution in [-0.2, 0) is 10.0 Å². The highest BCUT2D eigenvalue weighted by Crippen LogP contribution is 2.38. The molecule has 2 aliphatic rings. The number of rotatable bonds is 4. The highest BCUT2D eigenvalue weighted by atomic mass is 32.2. The van der Waals surface area contributed by atoms with Gasteiger partial charge in [-0.15, -0.1) is 0 Å². The summed E-state index contributed by atoms with van der Waals surface area (Å²) in [5.41, 5.74) is 4.37. The summed E-state index contributed by atoms with van der Waals surface area (Å²) < 4.78 is 25.8. The molecule has 2 N–H and O–H groups in total. The Labute approximate surface area is 222 Å². The number of thiocarbonyl (C=S) groups is 1. The number of anilines is 2. The number of hydrogen-bond acceptors (Lipinski definition) is 5. The number of hydrogen-bond donors (Lipinski definition) is 2. The van der Waals surface area contributed by atoms with E-state index in [4.69, 9.17) is 12.2 Å². The lowest BCUT2D eigenvalue weighted by Crippen LogP contribution is -2.51. The smallest absolute Gasteiger partial charge is 0.256 e. The molecule has 1 amide bonds. The molecule has 0 aliphatic carbocycles. The molecule has 5 rings (SSSR count). The molecule has 0 saturated carbocycles. The third-order valence-corrected chi connectivity index (χ3v) is 9.04. The Morgan fingerprint density at radius 1 is 0.919 bits per heavy atom. The van der Waals surface area contributed by atoms with E-state index >= 15 is 0 Å². The van der Waals surface area contributed by atoms with E-state index in [1.807, 2.05) is 42.5 Å². The minimum Gasteiger partial charge on any atom is -0.346 e. The summed E-state index contributed by atoms with van der Waals surface area (Å²) in [5, 5.41) is 6.91. The first-order valence-corrected chi connectivity index (χ1v) is 13.9. The van der Waals surface area contributed by atoms with Crippen molar-refractivity contribution in [2.24, 2.45) is 0 Å². The van der Waals surface area contributed by atoms with Crippen molar-refractivity contribution in [2.45, 2.75) is 10.9 Å². The third-order valence-electron chi connectivity index (χ3n) is 6.85. The zero-order valence-corrected chi connectivity index (χ0v) is 22.3. The summed E-state index contributed by atoms with van der Waals surface area (Å²) in [4.78, 5) is 17.7. The Balaban J connectivity index is 1.30. The average Bonchev–Trinajstić information content (AvgIpc) is 3.03. The molecule has 10 heteroatoms. The van der Waals surface area contributed by atoms with Gasteiger partial charge in [0.15, 0.2) is 5.11 Å². The Hall–Kier alpha value is -3.31. The van der Waals surface area contributed by atoms with E-state index < -0.39 is 10.0 Å². The summed E-state index contributed by atoms with van der Waals surface area (Å²) >= 11 is 5.68. The van der Waals surface area contributed by atoms with Gasteiger partial charge in [0.1, 0.15) is 0 Å². The lowest BCUT2D eigenvalue weighted by molar-refractivity contribution is 0.102. The predicted molar refractivity (Wildman–Crippen MR) is 149 cm³/mol. The number of carbonyl (C=O) groups excluding carboxylic acids is 1. The predicted octanol–water partition coefficient (Wildman–Crippen LogP) is 3.61. The largest absolute Gasteiger partial charge is 0.346 e. The molecule has 1 saturated heterocycles. The number of nitrogens with zero attached hydrogens (tertiary/aromatic N) is 3. The van der Waals surface area contributed by atoms with E-state index in [-0.39, 0.29) is 16.8 Å². The summed E-state index contributed by atoms with van der Waals surface area (Å²) in [6.45, 7) is 2.98. The number of amides is 1. The first-order valence-electron chi connectivity index (χ1n) is 12.1. The summed E-state index contributed by atoms with van der Waals surface area (Å²) in [6, 6.07) is 22.4. The fraction of sp³-hybridized carbons (Fsp3) is 0.259. The lowest BCUT2D eigenvalue weighted by atomic mass is 9.93. The van der Waals surface area contributed by atoms with Crippen molar-refractivity contribution in [3.8, 4) is 0 Å². The number of benzene rings is 3. The molecule has 3 aromatic rings. The lowest BCUT2D eigenvalue weighted by Gasteiger charge is -2.40. The van der Waals surface area contributed by atoms with Crippen LogP contribution in [-0.4, -0.2) is 73.8 Å². The molecule has 1 unspecified atom stereocenters. The highest BCUT2D eigenvalue weighted by Gasteiger charge is 2.33. The van der Waals surface area contributed by atoms with Crippen LogP contribution in [0, 0.1) is 0 Å². The van der Waals surface area contributed by atoms with Gasteiger partial charge in [-0.1, -0.05) is 36.4 Å². The van der Waals surface area contributed by atoms with Crippen LogP contribution in [0.25, 0.3) is 0 Å². The molecular weight excluding hydrogens is 506 g/mol. The van der Waals surface area contributed by atoms with Gasteiger partial charge in [-0.2, -0.15) is 0 Å². The minimum absolute atomic E-state index is 0.0405. The molecule has 37 heavy (non-hydrogen) atoms. The first kappa shape index (κ1) is 25.3. The number of para-hydroxylation sites is 1. The summed E-state index contributed by atoms with van der Waals surface area (Å²) in [6.07, 6.45) is 0. The first-order chi connectivity index (χ1) is 17.8. The van der Waals surface area contributed by atoms with Crippen LogP contribution >= 0.6 is 12.2 Å². The van der Waals surface area contributed by atoms with E-state index in [1.54, 1.807) is 24.3 Å². The Morgan fingerprint density at radius 3 is 2.22 bits per heavy atom. The molecule has 2 aliphatic heterocycles. The fourth-order valence-corrected chi connectivity index (χ4v) is 6.05. The number of fused-ring (bicyclic) bond motifs is 2. The Kier molecular flexibility index (Phi) is 7.00. The Morgan fingerprint density at radius 2 is 1.54 bits per heavy atom. The van der Waals surface area contributed by atoms with Gasteiger partial charge in [-0.05, 0) is 59.7 Å². The van der Waals surface area contributed by atoms with Crippen molar-refractivity contribution in [2.75, 3.05) is 50.9 Å². The molecule has 0 radical (unpaired) electrons. The number of piperazine rings is 1. The van der Waals surface area contributed by atoms with Crippen LogP contribution in [0.1, 0.15) is 27.5 Å². The van der Waals surface area contributed by atoms with E-state index in [1.165, 1.54) is 18.4 Å². The molecule has 0 aromatic heterocycles. The van der Waals surface area contributed by atoms with E-state index in [0.29, 0.717) is 10.7 Å². The second-order valence-corrected chi connectivity index (χ2v) is 11.8. The SMILES string of the molecule is CN(C)S(=O)(=O)c1ccc(NC(=S)N2CCN(C3c4ccccc4NC(=O)c4ccccc43)CC2)cc1. The topological polar surface area (TPSA) is 85.0 Å². The van der Waals surface area contributed by atoms with Crippen LogP contribution in [0.15, 0.2) is 77.7 Å². The zero-order valence-electron chi connectivity index (χ0n) is 20.7. The van der Waals surface area contributed by atoms with Gasteiger partial charge in [0.25, 0.3) is 5.91 Å². The van der Waals surface area contributed by atoms with E-state index in [2.05, 4.69) is 26.5 Å². The van der Waals surface area contributed by atoms with E-state index in [0.717, 1.165) is 48.7 Å². The van der Waals surface area contributed by atoms with Gasteiger partial charge in [-0.25, -0.2) is 12.7 Å². The molecule has 1 atom stereocenters. The van der Waals surface area contributed by atoms with Gasteiger partial charge < -0.3 is 15.5 Å². The van der Waals surface area contributed by atoms with Crippen molar-refractivity contribution in [3.05, 3.63) is 89.5 Å². The zero-order chi connectivity index (χ0) is 26.2. The average molecular weight is 536 g/mol. The van der Waals surface area contributed by atoms with Crippen LogP contribution < -0.4 is 10.6 Å². The van der Waals surface area contributed by atoms with Gasteiger partial charge >= 0.3 is 0 Å². The quantitative estimate of drug-likeness (QED) is 0.494. The Bertz CT molecular complexity index is 1430. The number of sulfonamides is 1. The summed E-state index contributed by atoms with van der Waals surface area (Å²) in [5.74, 6) is -0.0843. The summed E-state index contributed by atoms with van der Waals surface area (Å²) in [7, 11) is -0.455. The normalized spacial score (nSPS) is 18.0. The standard InChI is InChI=1S/C27H29N5O3S2/c1-30(2)37(34,35)20-13-11-19(12-14-20)28-27(36)32-17-15-31(16-18-32)25-21-7-3-4-8-22(21)26(33)29-24-10-6-5-9-23(24)25/h3-14,25H,15-18H2,1-2H3,(H,28,36)(H,29,33). The van der Waals surface area contributed by atoms with Crippen molar-refractivity contribution in [1.29, 1.82) is 0 Å². The molecule has 3 aromatic carbocycles. The molecule has 8 nitrogen and oxygen atoms in total. The molecule has 0 bridgehead atoms. The molecule has 0 spiro atoms. The maximum absolute atomic E-state index is 12.9. The van der Waals surface area contributed by atoms with Crippen molar-refractivity contribution in [3.63, 3.8) is 0 Å². The molecule has 1 fully saturated rings. The fourth-order valence-electron chi connectivity index (χ4n) is 4.85. The van der Waals surface area contributed by atoms with Crippen LogP contribution in [0.3, 0.4) is 0 Å². The van der Waals surface area contributed by atoms with Crippen LogP contribution in [0.2, 0.25) is 0 Å². The molecule has 192 valence electrons. The number of carbonyl (C=O) groups is 1. The third kappa shape index (κ3) is 4.97. The minimum atomic E-state index is -3.48. The van der Waals surface area contributed by atoms with Crippen molar-refractivity contribution in [1.82, 2.24) is 14.1 Å². The number of nitrogens with one attached hydrogen (secondary N) is 2. The second kappa shape index (κ2) is 10.2. The molecular formula is C27H29N5O3S2. The van der Waals surface area contributed by atoms with Gasteiger partial charge in [0.2, 0.25) is 10.0 Å².